The standard InChI is InChI=1S/C15H28O5/c1-2-3-4-5-6-7-8-9-19-13(10-16)15-14(18)12(17)11-20-15/h7-8,12-18H,2-6,9-11H2,1H3/b8-7+/t12-,13+,14-,15-/m0/s1. The van der Waals surface area contributed by atoms with E-state index in [2.05, 4.69) is 13.0 Å². The van der Waals surface area contributed by atoms with E-state index in [1.165, 1.54) is 25.7 Å². The van der Waals surface area contributed by atoms with Gasteiger partial charge in [0, 0.05) is 0 Å². The lowest BCUT2D eigenvalue weighted by Crippen LogP contribution is -2.42. The van der Waals surface area contributed by atoms with E-state index in [-0.39, 0.29) is 13.2 Å². The normalized spacial score (nSPS) is 28.3. The van der Waals surface area contributed by atoms with Gasteiger partial charge in [0.25, 0.3) is 0 Å². The van der Waals surface area contributed by atoms with Crippen LogP contribution >= 0.6 is 0 Å². The van der Waals surface area contributed by atoms with Gasteiger partial charge in [-0.05, 0) is 12.8 Å². The van der Waals surface area contributed by atoms with Crippen LogP contribution in [-0.4, -0.2) is 59.6 Å². The van der Waals surface area contributed by atoms with Crippen LogP contribution in [0.4, 0.5) is 0 Å². The summed E-state index contributed by atoms with van der Waals surface area (Å²) in [6.07, 6.45) is 6.82. The van der Waals surface area contributed by atoms with Crippen molar-refractivity contribution in [2.24, 2.45) is 0 Å². The molecule has 5 nitrogen and oxygen atoms in total. The van der Waals surface area contributed by atoms with Gasteiger partial charge in [0.15, 0.2) is 0 Å². The molecule has 0 aliphatic carbocycles. The van der Waals surface area contributed by atoms with Crippen molar-refractivity contribution >= 4 is 0 Å². The molecule has 3 N–H and O–H groups in total. The molecule has 1 heterocycles. The molecule has 0 aromatic rings. The second-order valence-corrected chi connectivity index (χ2v) is 5.23. The zero-order valence-electron chi connectivity index (χ0n) is 12.3. The van der Waals surface area contributed by atoms with Crippen LogP contribution < -0.4 is 0 Å². The van der Waals surface area contributed by atoms with Crippen LogP contribution in [0.2, 0.25) is 0 Å². The van der Waals surface area contributed by atoms with E-state index >= 15 is 0 Å². The van der Waals surface area contributed by atoms with Gasteiger partial charge in [0.1, 0.15) is 24.4 Å². The molecule has 0 amide bonds. The number of ether oxygens (including phenoxy) is 2. The first-order valence-electron chi connectivity index (χ1n) is 7.55. The van der Waals surface area contributed by atoms with Crippen molar-refractivity contribution in [1.29, 1.82) is 0 Å². The number of aliphatic hydroxyl groups is 3. The fourth-order valence-electron chi connectivity index (χ4n) is 2.26. The Morgan fingerprint density at radius 3 is 2.65 bits per heavy atom. The molecule has 0 unspecified atom stereocenters. The van der Waals surface area contributed by atoms with Gasteiger partial charge in [0.05, 0.1) is 19.8 Å². The van der Waals surface area contributed by atoms with E-state index in [1.807, 2.05) is 6.08 Å². The van der Waals surface area contributed by atoms with Crippen LogP contribution in [0.25, 0.3) is 0 Å². The molecule has 20 heavy (non-hydrogen) atoms. The first-order valence-corrected chi connectivity index (χ1v) is 7.55. The Kier molecular flexibility index (Phi) is 9.05. The summed E-state index contributed by atoms with van der Waals surface area (Å²) in [6, 6.07) is 0. The molecule has 1 rings (SSSR count). The Labute approximate surface area is 121 Å². The summed E-state index contributed by atoms with van der Waals surface area (Å²) in [4.78, 5) is 0. The molecule has 1 aliphatic rings. The number of hydrogen-bond acceptors (Lipinski definition) is 5. The molecule has 5 heteroatoms. The van der Waals surface area contributed by atoms with Gasteiger partial charge in [-0.3, -0.25) is 0 Å². The molecule has 1 aliphatic heterocycles. The highest BCUT2D eigenvalue weighted by atomic mass is 16.6. The molecule has 0 saturated carbocycles. The van der Waals surface area contributed by atoms with Gasteiger partial charge in [-0.2, -0.15) is 0 Å². The largest absolute Gasteiger partial charge is 0.394 e. The highest BCUT2D eigenvalue weighted by molar-refractivity contribution is 4.89. The molecule has 1 saturated heterocycles. The lowest BCUT2D eigenvalue weighted by atomic mass is 10.1. The predicted molar refractivity (Wildman–Crippen MR) is 76.5 cm³/mol. The Hall–Kier alpha value is -0.460. The summed E-state index contributed by atoms with van der Waals surface area (Å²) >= 11 is 0. The Morgan fingerprint density at radius 2 is 2.05 bits per heavy atom. The number of rotatable bonds is 10. The van der Waals surface area contributed by atoms with E-state index in [1.54, 1.807) is 0 Å². The van der Waals surface area contributed by atoms with Crippen LogP contribution in [0, 0.1) is 0 Å². The molecule has 0 aromatic heterocycles. The molecule has 0 bridgehead atoms. The van der Waals surface area contributed by atoms with Crippen LogP contribution in [0.5, 0.6) is 0 Å². The predicted octanol–water partition coefficient (Wildman–Crippen LogP) is 1.01. The second kappa shape index (κ2) is 10.3. The summed E-state index contributed by atoms with van der Waals surface area (Å²) < 4.78 is 10.7. The van der Waals surface area contributed by atoms with Gasteiger partial charge < -0.3 is 24.8 Å². The van der Waals surface area contributed by atoms with Gasteiger partial charge in [-0.25, -0.2) is 0 Å². The number of hydrogen-bond donors (Lipinski definition) is 3. The van der Waals surface area contributed by atoms with Crippen molar-refractivity contribution in [2.45, 2.75) is 63.4 Å². The minimum atomic E-state index is -0.995. The van der Waals surface area contributed by atoms with Crippen LogP contribution in [0.3, 0.4) is 0 Å². The van der Waals surface area contributed by atoms with Crippen molar-refractivity contribution in [3.05, 3.63) is 12.2 Å². The second-order valence-electron chi connectivity index (χ2n) is 5.23. The number of allylic oxidation sites excluding steroid dienone is 1. The number of unbranched alkanes of at least 4 members (excludes halogenated alkanes) is 4. The van der Waals surface area contributed by atoms with Gasteiger partial charge in [0.2, 0.25) is 0 Å². The molecular formula is C15H28O5. The SMILES string of the molecule is CCCCCC/C=C/CO[C@H](CO)[C@@H]1OC[C@H](O)[C@@H]1O. The van der Waals surface area contributed by atoms with Crippen LogP contribution in [-0.2, 0) is 9.47 Å². The van der Waals surface area contributed by atoms with E-state index < -0.39 is 24.4 Å². The maximum atomic E-state index is 9.70. The highest BCUT2D eigenvalue weighted by Gasteiger charge is 2.40. The van der Waals surface area contributed by atoms with Crippen molar-refractivity contribution < 1.29 is 24.8 Å². The molecule has 1 fully saturated rings. The van der Waals surface area contributed by atoms with Gasteiger partial charge in [-0.1, -0.05) is 38.3 Å². The first-order chi connectivity index (χ1) is 9.70. The van der Waals surface area contributed by atoms with E-state index in [9.17, 15) is 15.3 Å². The highest BCUT2D eigenvalue weighted by Crippen LogP contribution is 2.19. The minimum absolute atomic E-state index is 0.0823. The van der Waals surface area contributed by atoms with Crippen molar-refractivity contribution in [1.82, 2.24) is 0 Å². The van der Waals surface area contributed by atoms with Gasteiger partial charge in [-0.15, -0.1) is 0 Å². The Morgan fingerprint density at radius 1 is 1.25 bits per heavy atom. The van der Waals surface area contributed by atoms with E-state index in [0.717, 1.165) is 6.42 Å². The molecule has 0 aromatic carbocycles. The zero-order chi connectivity index (χ0) is 14.8. The third-order valence-electron chi connectivity index (χ3n) is 3.53. The molecule has 0 spiro atoms. The summed E-state index contributed by atoms with van der Waals surface area (Å²) in [5.74, 6) is 0. The summed E-state index contributed by atoms with van der Waals surface area (Å²) in [6.45, 7) is 2.41. The summed E-state index contributed by atoms with van der Waals surface area (Å²) in [5, 5.41) is 28.4. The van der Waals surface area contributed by atoms with Crippen molar-refractivity contribution in [3.63, 3.8) is 0 Å². The quantitative estimate of drug-likeness (QED) is 0.413. The third kappa shape index (κ3) is 5.89. The molecule has 118 valence electrons. The van der Waals surface area contributed by atoms with E-state index in [4.69, 9.17) is 9.47 Å². The molecule has 4 atom stereocenters. The monoisotopic (exact) mass is 288 g/mol. The Balaban J connectivity index is 2.17. The molecule has 0 radical (unpaired) electrons. The number of aliphatic hydroxyl groups excluding tert-OH is 3. The molecular weight excluding hydrogens is 260 g/mol. The van der Waals surface area contributed by atoms with Crippen LogP contribution in [0.1, 0.15) is 39.0 Å². The zero-order valence-corrected chi connectivity index (χ0v) is 12.3. The maximum absolute atomic E-state index is 9.70. The van der Waals surface area contributed by atoms with Crippen molar-refractivity contribution in [2.75, 3.05) is 19.8 Å². The Bertz CT molecular complexity index is 269. The lowest BCUT2D eigenvalue weighted by Gasteiger charge is -2.23. The third-order valence-corrected chi connectivity index (χ3v) is 3.53. The smallest absolute Gasteiger partial charge is 0.114 e. The van der Waals surface area contributed by atoms with Gasteiger partial charge >= 0.3 is 0 Å². The average molecular weight is 288 g/mol. The fourth-order valence-corrected chi connectivity index (χ4v) is 2.26. The lowest BCUT2D eigenvalue weighted by molar-refractivity contribution is -0.0942. The summed E-state index contributed by atoms with van der Waals surface area (Å²) in [5.41, 5.74) is 0. The van der Waals surface area contributed by atoms with E-state index in [0.29, 0.717) is 6.61 Å². The minimum Gasteiger partial charge on any atom is -0.394 e. The maximum Gasteiger partial charge on any atom is 0.114 e. The average Bonchev–Trinajstić information content (AvgIpc) is 2.78. The topological polar surface area (TPSA) is 79.2 Å². The first kappa shape index (κ1) is 17.6. The fraction of sp³-hybridized carbons (Fsp3) is 0.867. The van der Waals surface area contributed by atoms with Crippen molar-refractivity contribution in [3.8, 4) is 0 Å². The summed E-state index contributed by atoms with van der Waals surface area (Å²) in [7, 11) is 0. The van der Waals surface area contributed by atoms with Crippen LogP contribution in [0.15, 0.2) is 12.2 Å².